The summed E-state index contributed by atoms with van der Waals surface area (Å²) in [7, 11) is 6.69. The van der Waals surface area contributed by atoms with E-state index in [9.17, 15) is 0 Å². The van der Waals surface area contributed by atoms with E-state index in [0.717, 1.165) is 55.7 Å². The number of rotatable bonds is 7. The van der Waals surface area contributed by atoms with Crippen molar-refractivity contribution in [2.45, 2.75) is 26.9 Å². The minimum Gasteiger partial charge on any atom is -0.493 e. The predicted molar refractivity (Wildman–Crippen MR) is 135 cm³/mol. The first-order valence-electron chi connectivity index (χ1n) is 10.4. The lowest BCUT2D eigenvalue weighted by Gasteiger charge is -2.36. The Morgan fingerprint density at radius 1 is 1.06 bits per heavy atom. The van der Waals surface area contributed by atoms with E-state index in [1.165, 1.54) is 0 Å². The molecule has 9 nitrogen and oxygen atoms in total. The fourth-order valence-electron chi connectivity index (χ4n) is 3.70. The molecule has 1 saturated heterocycles. The lowest BCUT2D eigenvalue weighted by molar-refractivity contribution is 0.172. The Morgan fingerprint density at radius 3 is 2.16 bits per heavy atom. The van der Waals surface area contributed by atoms with Gasteiger partial charge in [0.05, 0.1) is 33.6 Å². The first-order valence-corrected chi connectivity index (χ1v) is 10.4. The number of guanidine groups is 1. The number of hydrogen-bond donors (Lipinski definition) is 1. The normalized spacial score (nSPS) is 14.7. The van der Waals surface area contributed by atoms with Crippen LogP contribution < -0.4 is 19.5 Å². The Labute approximate surface area is 207 Å². The summed E-state index contributed by atoms with van der Waals surface area (Å²) in [5.41, 5.74) is 2.05. The first-order chi connectivity index (χ1) is 15.0. The molecule has 3 rings (SSSR count). The van der Waals surface area contributed by atoms with Crippen molar-refractivity contribution in [2.75, 3.05) is 54.6 Å². The fourth-order valence-corrected chi connectivity index (χ4v) is 3.70. The average Bonchev–Trinajstić information content (AvgIpc) is 3.11. The average molecular weight is 559 g/mol. The molecule has 0 aliphatic carbocycles. The van der Waals surface area contributed by atoms with Gasteiger partial charge in [-0.2, -0.15) is 0 Å². The van der Waals surface area contributed by atoms with Gasteiger partial charge < -0.3 is 28.8 Å². The molecule has 1 aromatic carbocycles. The lowest BCUT2D eigenvalue weighted by Crippen LogP contribution is -2.52. The van der Waals surface area contributed by atoms with E-state index < -0.39 is 0 Å². The van der Waals surface area contributed by atoms with Crippen molar-refractivity contribution in [3.8, 4) is 17.2 Å². The van der Waals surface area contributed by atoms with Gasteiger partial charge in [-0.15, -0.1) is 24.0 Å². The van der Waals surface area contributed by atoms with Crippen LogP contribution >= 0.6 is 24.0 Å². The van der Waals surface area contributed by atoms with Crippen molar-refractivity contribution in [1.82, 2.24) is 20.1 Å². The molecule has 0 atom stereocenters. The molecule has 10 heteroatoms. The number of halogens is 1. The highest BCUT2D eigenvalue weighted by molar-refractivity contribution is 14.0. The molecular weight excluding hydrogens is 525 g/mol. The predicted octanol–water partition coefficient (Wildman–Crippen LogP) is 2.83. The van der Waals surface area contributed by atoms with Crippen molar-refractivity contribution >= 4 is 29.9 Å². The number of aliphatic imine (C=N–C) groups is 1. The largest absolute Gasteiger partial charge is 0.493 e. The number of nitrogens with one attached hydrogen (secondary N) is 1. The molecule has 0 radical (unpaired) electrons. The summed E-state index contributed by atoms with van der Waals surface area (Å²) in [6, 6.07) is 4.02. The minimum absolute atomic E-state index is 0. The third kappa shape index (κ3) is 6.18. The van der Waals surface area contributed by atoms with Gasteiger partial charge in [-0.3, -0.25) is 9.89 Å². The van der Waals surface area contributed by atoms with Gasteiger partial charge >= 0.3 is 0 Å². The second kappa shape index (κ2) is 12.1. The second-order valence-electron chi connectivity index (χ2n) is 7.45. The van der Waals surface area contributed by atoms with Gasteiger partial charge in [0.25, 0.3) is 0 Å². The molecule has 1 N–H and O–H groups in total. The topological polar surface area (TPSA) is 84.6 Å². The van der Waals surface area contributed by atoms with Gasteiger partial charge in [0.1, 0.15) is 5.76 Å². The van der Waals surface area contributed by atoms with Crippen LogP contribution in [0.15, 0.2) is 21.5 Å². The van der Waals surface area contributed by atoms with Crippen molar-refractivity contribution < 1.29 is 18.6 Å². The number of hydrogen-bond acceptors (Lipinski definition) is 7. The van der Waals surface area contributed by atoms with Crippen LogP contribution in [0.4, 0.5) is 0 Å². The van der Waals surface area contributed by atoms with Crippen molar-refractivity contribution in [1.29, 1.82) is 0 Å². The number of ether oxygens (including phenoxy) is 3. The van der Waals surface area contributed by atoms with Gasteiger partial charge in [0.2, 0.25) is 11.6 Å². The van der Waals surface area contributed by atoms with Crippen LogP contribution in [0.3, 0.4) is 0 Å². The SMILES string of the molecule is CN=C(NCc1nc(C)c(C)o1)N1CCN(Cc2cc(OC)c(OC)c(OC)c2)CC1.I. The number of oxazole rings is 1. The standard InChI is InChI=1S/C22H33N5O4.HI/c1-15-16(2)31-20(25-15)13-24-22(23-3)27-9-7-26(8-10-27)14-17-11-18(28-4)21(30-6)19(12-17)29-5;/h11-12H,7-10,13-14H2,1-6H3,(H,23,24);1H. The molecule has 0 unspecified atom stereocenters. The minimum atomic E-state index is 0. The van der Waals surface area contributed by atoms with Gasteiger partial charge in [0, 0.05) is 39.8 Å². The van der Waals surface area contributed by atoms with E-state index in [1.54, 1.807) is 28.4 Å². The van der Waals surface area contributed by atoms with E-state index in [4.69, 9.17) is 18.6 Å². The van der Waals surface area contributed by atoms with E-state index in [2.05, 4.69) is 25.1 Å². The summed E-state index contributed by atoms with van der Waals surface area (Å²) >= 11 is 0. The van der Waals surface area contributed by atoms with E-state index in [1.807, 2.05) is 26.0 Å². The Kier molecular flexibility index (Phi) is 9.88. The van der Waals surface area contributed by atoms with Crippen LogP contribution in [0, 0.1) is 13.8 Å². The van der Waals surface area contributed by atoms with Crippen LogP contribution in [0.1, 0.15) is 22.9 Å². The van der Waals surface area contributed by atoms with E-state index in [0.29, 0.717) is 29.7 Å². The molecule has 178 valence electrons. The summed E-state index contributed by atoms with van der Waals surface area (Å²) in [5, 5.41) is 3.36. The van der Waals surface area contributed by atoms with Gasteiger partial charge in [-0.05, 0) is 31.5 Å². The molecule has 0 amide bonds. The van der Waals surface area contributed by atoms with Crippen LogP contribution in [-0.4, -0.2) is 75.3 Å². The highest BCUT2D eigenvalue weighted by atomic mass is 127. The highest BCUT2D eigenvalue weighted by Gasteiger charge is 2.21. The van der Waals surface area contributed by atoms with Crippen LogP contribution in [-0.2, 0) is 13.1 Å². The quantitative estimate of drug-likeness (QED) is 0.315. The maximum Gasteiger partial charge on any atom is 0.214 e. The third-order valence-electron chi connectivity index (χ3n) is 5.48. The van der Waals surface area contributed by atoms with Gasteiger partial charge in [0.15, 0.2) is 17.5 Å². The van der Waals surface area contributed by atoms with E-state index in [-0.39, 0.29) is 24.0 Å². The molecule has 2 heterocycles. The second-order valence-corrected chi connectivity index (χ2v) is 7.45. The molecule has 1 fully saturated rings. The van der Waals surface area contributed by atoms with Crippen LogP contribution in [0.2, 0.25) is 0 Å². The van der Waals surface area contributed by atoms with E-state index >= 15 is 0 Å². The molecule has 1 aliphatic rings. The number of nitrogens with zero attached hydrogens (tertiary/aromatic N) is 4. The molecule has 0 bridgehead atoms. The van der Waals surface area contributed by atoms with Crippen molar-refractivity contribution in [3.63, 3.8) is 0 Å². The zero-order chi connectivity index (χ0) is 22.4. The monoisotopic (exact) mass is 559 g/mol. The molecular formula is C22H34IN5O4. The Hall–Kier alpha value is -2.21. The summed E-state index contributed by atoms with van der Waals surface area (Å²) in [6.45, 7) is 8.82. The summed E-state index contributed by atoms with van der Waals surface area (Å²) < 4.78 is 22.0. The maximum absolute atomic E-state index is 5.65. The maximum atomic E-state index is 5.65. The number of benzene rings is 1. The number of aromatic nitrogens is 1. The fraction of sp³-hybridized carbons (Fsp3) is 0.545. The molecule has 0 saturated carbocycles. The van der Waals surface area contributed by atoms with Crippen molar-refractivity contribution in [2.24, 2.45) is 4.99 Å². The number of aryl methyl sites for hydroxylation is 2. The van der Waals surface area contributed by atoms with Crippen LogP contribution in [0.25, 0.3) is 0 Å². The summed E-state index contributed by atoms with van der Waals surface area (Å²) in [5.74, 6) is 4.37. The Bertz CT molecular complexity index is 865. The number of methoxy groups -OCH3 is 3. The molecule has 0 spiro atoms. The first kappa shape index (κ1) is 26.0. The van der Waals surface area contributed by atoms with Crippen LogP contribution in [0.5, 0.6) is 17.2 Å². The molecule has 2 aromatic rings. The Balaban J connectivity index is 0.00000363. The third-order valence-corrected chi connectivity index (χ3v) is 5.48. The smallest absolute Gasteiger partial charge is 0.214 e. The van der Waals surface area contributed by atoms with Crippen molar-refractivity contribution in [3.05, 3.63) is 35.0 Å². The zero-order valence-corrected chi connectivity index (χ0v) is 22.1. The zero-order valence-electron chi connectivity index (χ0n) is 19.7. The highest BCUT2D eigenvalue weighted by Crippen LogP contribution is 2.38. The van der Waals surface area contributed by atoms with Gasteiger partial charge in [-0.1, -0.05) is 0 Å². The molecule has 32 heavy (non-hydrogen) atoms. The summed E-state index contributed by atoms with van der Waals surface area (Å²) in [4.78, 5) is 13.5. The Morgan fingerprint density at radius 2 is 1.69 bits per heavy atom. The number of piperazine rings is 1. The lowest BCUT2D eigenvalue weighted by atomic mass is 10.1. The molecule has 1 aromatic heterocycles. The van der Waals surface area contributed by atoms with Gasteiger partial charge in [-0.25, -0.2) is 4.98 Å². The summed E-state index contributed by atoms with van der Waals surface area (Å²) in [6.07, 6.45) is 0. The molecule has 1 aliphatic heterocycles.